The molecule has 4 heteroatoms. The van der Waals surface area contributed by atoms with E-state index in [0.717, 1.165) is 36.4 Å². The largest absolute Gasteiger partial charge is 0.398 e. The van der Waals surface area contributed by atoms with Gasteiger partial charge in [-0.05, 0) is 61.9 Å². The van der Waals surface area contributed by atoms with Crippen LogP contribution in [0, 0.1) is 5.92 Å². The first-order valence-corrected chi connectivity index (χ1v) is 11.4. The van der Waals surface area contributed by atoms with Crippen molar-refractivity contribution in [2.24, 2.45) is 17.4 Å². The van der Waals surface area contributed by atoms with E-state index in [0.29, 0.717) is 10.7 Å². The zero-order valence-corrected chi connectivity index (χ0v) is 19.7. The second-order valence-corrected chi connectivity index (χ2v) is 7.25. The van der Waals surface area contributed by atoms with Crippen LogP contribution in [-0.4, -0.2) is 13.6 Å². The van der Waals surface area contributed by atoms with Gasteiger partial charge in [-0.2, -0.15) is 0 Å². The maximum atomic E-state index is 6.33. The van der Waals surface area contributed by atoms with Crippen LogP contribution in [0.5, 0.6) is 0 Å². The van der Waals surface area contributed by atoms with Crippen molar-refractivity contribution in [3.8, 4) is 0 Å². The molecule has 0 aromatic heterocycles. The van der Waals surface area contributed by atoms with E-state index in [1.54, 1.807) is 0 Å². The van der Waals surface area contributed by atoms with Gasteiger partial charge in [0.1, 0.15) is 0 Å². The molecule has 1 aliphatic rings. The van der Waals surface area contributed by atoms with E-state index in [1.807, 2.05) is 44.2 Å². The molecule has 30 heavy (non-hydrogen) atoms. The Morgan fingerprint density at radius 2 is 1.70 bits per heavy atom. The van der Waals surface area contributed by atoms with Crippen LogP contribution in [0.15, 0.2) is 60.3 Å². The van der Waals surface area contributed by atoms with Gasteiger partial charge in [-0.3, -0.25) is 0 Å². The Labute approximate surface area is 188 Å². The molecule has 3 nitrogen and oxygen atoms in total. The van der Waals surface area contributed by atoms with Gasteiger partial charge in [0.05, 0.1) is 0 Å². The van der Waals surface area contributed by atoms with Crippen molar-refractivity contribution in [1.82, 2.24) is 5.32 Å². The number of benzene rings is 2. The fraction of sp³-hybridized carbons (Fsp3) is 0.385. The molecule has 164 valence electrons. The lowest BCUT2D eigenvalue weighted by molar-refractivity contribution is 0.715. The quantitative estimate of drug-likeness (QED) is 0.437. The third kappa shape index (κ3) is 8.25. The summed E-state index contributed by atoms with van der Waals surface area (Å²) in [5.41, 5.74) is 16.2. The number of hydrogen-bond acceptors (Lipinski definition) is 3. The average Bonchev–Trinajstić information content (AvgIpc) is 3.63. The van der Waals surface area contributed by atoms with E-state index >= 15 is 0 Å². The van der Waals surface area contributed by atoms with Gasteiger partial charge in [0.25, 0.3) is 0 Å². The Hall–Kier alpha value is -2.23. The number of allylic oxidation sites excluding steroid dienone is 2. The minimum atomic E-state index is 0.679. The lowest BCUT2D eigenvalue weighted by Gasteiger charge is -2.11. The van der Waals surface area contributed by atoms with Crippen LogP contribution in [-0.2, 0) is 6.42 Å². The number of halogens is 1. The van der Waals surface area contributed by atoms with Gasteiger partial charge in [-0.25, -0.2) is 0 Å². The Morgan fingerprint density at radius 1 is 1.07 bits per heavy atom. The minimum Gasteiger partial charge on any atom is -0.398 e. The molecule has 5 N–H and O–H groups in total. The smallest absolute Gasteiger partial charge is 0.0499 e. The van der Waals surface area contributed by atoms with Crippen LogP contribution < -0.4 is 16.8 Å². The maximum absolute atomic E-state index is 6.33. The molecular formula is C26H38ClN3. The lowest BCUT2D eigenvalue weighted by atomic mass is 10.0. The zero-order valence-electron chi connectivity index (χ0n) is 18.9. The summed E-state index contributed by atoms with van der Waals surface area (Å²) in [5, 5.41) is 4.28. The predicted octanol–water partition coefficient (Wildman–Crippen LogP) is 6.23. The molecule has 3 rings (SSSR count). The average molecular weight is 428 g/mol. The van der Waals surface area contributed by atoms with Gasteiger partial charge in [-0.15, -0.1) is 0 Å². The predicted molar refractivity (Wildman–Crippen MR) is 134 cm³/mol. The van der Waals surface area contributed by atoms with Crippen LogP contribution >= 0.6 is 11.6 Å². The molecule has 0 saturated heterocycles. The summed E-state index contributed by atoms with van der Waals surface area (Å²) < 4.78 is 0. The van der Waals surface area contributed by atoms with E-state index in [-0.39, 0.29) is 0 Å². The summed E-state index contributed by atoms with van der Waals surface area (Å²) in [6.45, 7) is 7.25. The van der Waals surface area contributed by atoms with Gasteiger partial charge in [0.2, 0.25) is 0 Å². The SMILES string of the molecule is CC.CCCN/C(=C\Cc1ccccc1/C=C(\N)c1ccccc1Cl)C1CC1.CN. The first-order valence-electron chi connectivity index (χ1n) is 11.0. The lowest BCUT2D eigenvalue weighted by Crippen LogP contribution is -2.15. The zero-order chi connectivity index (χ0) is 22.4. The van der Waals surface area contributed by atoms with Crippen molar-refractivity contribution in [3.05, 3.63) is 82.0 Å². The van der Waals surface area contributed by atoms with Gasteiger partial charge in [0, 0.05) is 28.5 Å². The standard InChI is InChI=1S/C23H27ClN2.C2H6.CH5N/c1-2-15-26-23(18-11-12-18)14-13-17-7-3-4-8-19(17)16-22(25)20-9-5-6-10-21(20)24;2*1-2/h3-10,14,16,18,26H,2,11-13,15,25H2,1H3;1-2H3;2H2,1H3/b22-16-,23-14-;;. The highest BCUT2D eigenvalue weighted by atomic mass is 35.5. The van der Waals surface area contributed by atoms with E-state index in [1.165, 1.54) is 31.1 Å². The molecule has 1 fully saturated rings. The number of nitrogens with one attached hydrogen (secondary N) is 1. The van der Waals surface area contributed by atoms with Gasteiger partial charge in [0.15, 0.2) is 0 Å². The Balaban J connectivity index is 0.00000106. The highest BCUT2D eigenvalue weighted by Gasteiger charge is 2.25. The molecule has 0 unspecified atom stereocenters. The van der Waals surface area contributed by atoms with Crippen LogP contribution in [0.25, 0.3) is 11.8 Å². The molecule has 1 saturated carbocycles. The number of rotatable bonds is 8. The van der Waals surface area contributed by atoms with Crippen molar-refractivity contribution in [1.29, 1.82) is 0 Å². The molecule has 0 aliphatic heterocycles. The van der Waals surface area contributed by atoms with Crippen molar-refractivity contribution in [2.45, 2.75) is 46.5 Å². The molecule has 0 spiro atoms. The highest BCUT2D eigenvalue weighted by molar-refractivity contribution is 6.32. The summed E-state index contributed by atoms with van der Waals surface area (Å²) >= 11 is 6.28. The molecule has 2 aromatic carbocycles. The summed E-state index contributed by atoms with van der Waals surface area (Å²) in [4.78, 5) is 0. The van der Waals surface area contributed by atoms with Gasteiger partial charge < -0.3 is 16.8 Å². The first kappa shape index (κ1) is 25.8. The van der Waals surface area contributed by atoms with Crippen LogP contribution in [0.1, 0.15) is 56.7 Å². The van der Waals surface area contributed by atoms with E-state index in [2.05, 4.69) is 48.3 Å². The third-order valence-corrected chi connectivity index (χ3v) is 5.02. The molecule has 0 atom stereocenters. The monoisotopic (exact) mass is 427 g/mol. The van der Waals surface area contributed by atoms with Gasteiger partial charge >= 0.3 is 0 Å². The first-order chi connectivity index (χ1) is 14.7. The van der Waals surface area contributed by atoms with Crippen LogP contribution in [0.3, 0.4) is 0 Å². The fourth-order valence-corrected chi connectivity index (χ4v) is 3.31. The van der Waals surface area contributed by atoms with Gasteiger partial charge in [-0.1, -0.05) is 80.9 Å². The number of hydrogen-bond donors (Lipinski definition) is 3. The third-order valence-electron chi connectivity index (χ3n) is 4.69. The van der Waals surface area contributed by atoms with Crippen LogP contribution in [0.4, 0.5) is 0 Å². The normalized spacial score (nSPS) is 13.5. The van der Waals surface area contributed by atoms with Crippen molar-refractivity contribution < 1.29 is 0 Å². The Morgan fingerprint density at radius 3 is 2.33 bits per heavy atom. The van der Waals surface area contributed by atoms with E-state index in [9.17, 15) is 0 Å². The molecular weight excluding hydrogens is 390 g/mol. The second kappa shape index (κ2) is 14.7. The van der Waals surface area contributed by atoms with Crippen molar-refractivity contribution in [2.75, 3.05) is 13.6 Å². The van der Waals surface area contributed by atoms with E-state index < -0.39 is 0 Å². The summed E-state index contributed by atoms with van der Waals surface area (Å²) in [7, 11) is 1.50. The molecule has 0 heterocycles. The summed E-state index contributed by atoms with van der Waals surface area (Å²) in [5.74, 6) is 0.734. The topological polar surface area (TPSA) is 64.1 Å². The molecule has 0 amide bonds. The summed E-state index contributed by atoms with van der Waals surface area (Å²) in [6.07, 6.45) is 9.06. The van der Waals surface area contributed by atoms with Crippen molar-refractivity contribution >= 4 is 23.4 Å². The molecule has 1 aliphatic carbocycles. The fourth-order valence-electron chi connectivity index (χ4n) is 3.07. The summed E-state index contributed by atoms with van der Waals surface area (Å²) in [6, 6.07) is 16.1. The Bertz CT molecular complexity index is 807. The van der Waals surface area contributed by atoms with Crippen LogP contribution in [0.2, 0.25) is 5.02 Å². The Kier molecular flexibility index (Phi) is 12.6. The second-order valence-electron chi connectivity index (χ2n) is 6.84. The molecule has 2 aromatic rings. The van der Waals surface area contributed by atoms with E-state index in [4.69, 9.17) is 17.3 Å². The highest BCUT2D eigenvalue weighted by Crippen LogP contribution is 2.35. The molecule has 0 bridgehead atoms. The number of nitrogens with two attached hydrogens (primary N) is 2. The molecule has 0 radical (unpaired) electrons. The maximum Gasteiger partial charge on any atom is 0.0499 e. The van der Waals surface area contributed by atoms with Crippen molar-refractivity contribution in [3.63, 3.8) is 0 Å². The minimum absolute atomic E-state index is 0.679.